The van der Waals surface area contributed by atoms with Crippen LogP contribution in [0.2, 0.25) is 0 Å². The second-order valence-corrected chi connectivity index (χ2v) is 3.82. The minimum Gasteiger partial charge on any atom is -0.480 e. The largest absolute Gasteiger partial charge is 0.480 e. The molecule has 1 atom stereocenters. The van der Waals surface area contributed by atoms with Gasteiger partial charge in [-0.3, -0.25) is 4.79 Å². The van der Waals surface area contributed by atoms with E-state index in [1.54, 1.807) is 0 Å². The molecule has 0 aromatic heterocycles. The topological polar surface area (TPSA) is 125 Å². The van der Waals surface area contributed by atoms with E-state index in [0.29, 0.717) is 0 Å². The lowest BCUT2D eigenvalue weighted by Gasteiger charge is -2.23. The predicted octanol–water partition coefficient (Wildman–Crippen LogP) is -1.35. The number of esters is 1. The zero-order valence-electron chi connectivity index (χ0n) is 11.5. The van der Waals surface area contributed by atoms with E-state index >= 15 is 0 Å². The minimum absolute atomic E-state index is 0.0275. The van der Waals surface area contributed by atoms with Crippen molar-refractivity contribution in [3.8, 4) is 0 Å². The first-order chi connectivity index (χ1) is 9.46. The molecular weight excluding hydrogens is 272 g/mol. The van der Waals surface area contributed by atoms with Crippen molar-refractivity contribution in [2.24, 2.45) is 0 Å². The first kappa shape index (κ1) is 18.1. The molecule has 3 N–H and O–H groups in total. The maximum atomic E-state index is 11.9. The van der Waals surface area contributed by atoms with Crippen molar-refractivity contribution in [2.45, 2.75) is 12.5 Å². The highest BCUT2D eigenvalue weighted by Crippen LogP contribution is 1.98. The Kier molecular flexibility index (Phi) is 9.05. The number of aliphatic hydroxyl groups excluding tert-OH is 1. The number of carboxylic acid groups (broad SMARTS) is 1. The van der Waals surface area contributed by atoms with Gasteiger partial charge in [0.05, 0.1) is 26.7 Å². The molecule has 2 amide bonds. The lowest BCUT2D eigenvalue weighted by Crippen LogP contribution is -2.50. The summed E-state index contributed by atoms with van der Waals surface area (Å²) in [6, 6.07) is -2.09. The number of nitrogens with one attached hydrogen (secondary N) is 1. The van der Waals surface area contributed by atoms with E-state index in [1.807, 2.05) is 0 Å². The van der Waals surface area contributed by atoms with Crippen molar-refractivity contribution in [2.75, 3.05) is 40.5 Å². The van der Waals surface area contributed by atoms with E-state index in [2.05, 4.69) is 10.1 Å². The number of ether oxygens (including phenoxy) is 2. The van der Waals surface area contributed by atoms with Gasteiger partial charge in [0, 0.05) is 20.2 Å². The SMILES string of the molecule is COCCN(CCO)C(=O)N[C@@H](CC(=O)OC)C(=O)O. The monoisotopic (exact) mass is 292 g/mol. The van der Waals surface area contributed by atoms with Crippen molar-refractivity contribution < 1.29 is 34.1 Å². The van der Waals surface area contributed by atoms with Gasteiger partial charge in [0.1, 0.15) is 6.04 Å². The fraction of sp³-hybridized carbons (Fsp3) is 0.727. The normalized spacial score (nSPS) is 11.6. The van der Waals surface area contributed by atoms with Crippen LogP contribution in [0.15, 0.2) is 0 Å². The number of hydrogen-bond acceptors (Lipinski definition) is 6. The number of carboxylic acids is 1. The molecule has 0 radical (unpaired) electrons. The van der Waals surface area contributed by atoms with Crippen LogP contribution in [0, 0.1) is 0 Å². The second kappa shape index (κ2) is 9.98. The van der Waals surface area contributed by atoms with E-state index in [4.69, 9.17) is 14.9 Å². The molecule has 0 fully saturated rings. The third kappa shape index (κ3) is 6.90. The van der Waals surface area contributed by atoms with Crippen molar-refractivity contribution in [3.63, 3.8) is 0 Å². The number of carbonyl (C=O) groups is 3. The van der Waals surface area contributed by atoms with E-state index in [0.717, 1.165) is 7.11 Å². The number of aliphatic carboxylic acids is 1. The molecule has 0 unspecified atom stereocenters. The molecule has 0 aliphatic rings. The predicted molar refractivity (Wildman–Crippen MR) is 67.1 cm³/mol. The summed E-state index contributed by atoms with van der Waals surface area (Å²) in [7, 11) is 2.58. The zero-order valence-corrected chi connectivity index (χ0v) is 11.5. The van der Waals surface area contributed by atoms with E-state index in [1.165, 1.54) is 12.0 Å². The van der Waals surface area contributed by atoms with Crippen molar-refractivity contribution in [1.82, 2.24) is 10.2 Å². The van der Waals surface area contributed by atoms with E-state index < -0.39 is 30.4 Å². The summed E-state index contributed by atoms with van der Waals surface area (Å²) < 4.78 is 9.17. The minimum atomic E-state index is -1.39. The first-order valence-electron chi connectivity index (χ1n) is 5.91. The smallest absolute Gasteiger partial charge is 0.326 e. The number of aliphatic hydroxyl groups is 1. The molecule has 0 bridgehead atoms. The van der Waals surface area contributed by atoms with Gasteiger partial charge in [0.25, 0.3) is 0 Å². The summed E-state index contributed by atoms with van der Waals surface area (Å²) in [4.78, 5) is 35.1. The Balaban J connectivity index is 4.60. The van der Waals surface area contributed by atoms with Crippen LogP contribution in [-0.4, -0.2) is 79.6 Å². The standard InChI is InChI=1S/C11H20N2O7/c1-19-6-4-13(3-5-14)11(18)12-8(10(16)17)7-9(15)20-2/h8,14H,3-7H2,1-2H3,(H,12,18)(H,16,17)/t8-/m0/s1. The highest BCUT2D eigenvalue weighted by atomic mass is 16.5. The van der Waals surface area contributed by atoms with Crippen LogP contribution in [0.1, 0.15) is 6.42 Å². The number of carbonyl (C=O) groups excluding carboxylic acids is 2. The fourth-order valence-corrected chi connectivity index (χ4v) is 1.33. The van der Waals surface area contributed by atoms with Crippen LogP contribution in [0.5, 0.6) is 0 Å². The van der Waals surface area contributed by atoms with Crippen LogP contribution >= 0.6 is 0 Å². The molecule has 116 valence electrons. The number of urea groups is 1. The molecule has 20 heavy (non-hydrogen) atoms. The van der Waals surface area contributed by atoms with Crippen LogP contribution in [0.25, 0.3) is 0 Å². The van der Waals surface area contributed by atoms with Gasteiger partial charge < -0.3 is 29.9 Å². The summed E-state index contributed by atoms with van der Waals surface area (Å²) in [6.45, 7) is 0.182. The molecule has 9 nitrogen and oxygen atoms in total. The van der Waals surface area contributed by atoms with Gasteiger partial charge in [-0.2, -0.15) is 0 Å². The number of nitrogens with zero attached hydrogens (tertiary/aromatic N) is 1. The lowest BCUT2D eigenvalue weighted by atomic mass is 10.2. The Morgan fingerprint density at radius 2 is 1.90 bits per heavy atom. The highest BCUT2D eigenvalue weighted by Gasteiger charge is 2.25. The number of rotatable bonds is 9. The molecule has 0 heterocycles. The summed E-state index contributed by atoms with van der Waals surface area (Å²) in [6.07, 6.45) is -0.477. The Morgan fingerprint density at radius 3 is 2.35 bits per heavy atom. The van der Waals surface area contributed by atoms with Gasteiger partial charge in [-0.25, -0.2) is 9.59 Å². The Hall–Kier alpha value is -1.87. The zero-order chi connectivity index (χ0) is 15.5. The Bertz CT molecular complexity index is 335. The molecule has 0 aromatic rings. The van der Waals surface area contributed by atoms with Gasteiger partial charge in [-0.15, -0.1) is 0 Å². The molecule has 0 saturated heterocycles. The third-order valence-electron chi connectivity index (χ3n) is 2.42. The summed E-state index contributed by atoms with van der Waals surface area (Å²) in [5, 5.41) is 20.0. The first-order valence-corrected chi connectivity index (χ1v) is 5.91. The summed E-state index contributed by atoms with van der Waals surface area (Å²) >= 11 is 0. The van der Waals surface area contributed by atoms with Crippen LogP contribution in [0.4, 0.5) is 4.79 Å². The summed E-state index contributed by atoms with van der Waals surface area (Å²) in [5.74, 6) is -2.09. The molecule has 9 heteroatoms. The van der Waals surface area contributed by atoms with E-state index in [9.17, 15) is 14.4 Å². The average molecular weight is 292 g/mol. The number of methoxy groups -OCH3 is 2. The van der Waals surface area contributed by atoms with Crippen LogP contribution in [-0.2, 0) is 19.1 Å². The third-order valence-corrected chi connectivity index (χ3v) is 2.42. The highest BCUT2D eigenvalue weighted by molar-refractivity contribution is 5.86. The van der Waals surface area contributed by atoms with Gasteiger partial charge >= 0.3 is 18.0 Å². The van der Waals surface area contributed by atoms with Gasteiger partial charge in [0.2, 0.25) is 0 Å². The van der Waals surface area contributed by atoms with Crippen LogP contribution in [0.3, 0.4) is 0 Å². The maximum Gasteiger partial charge on any atom is 0.326 e. The van der Waals surface area contributed by atoms with Gasteiger partial charge in [0.15, 0.2) is 0 Å². The molecule has 0 aromatic carbocycles. The lowest BCUT2D eigenvalue weighted by molar-refractivity contribution is -0.147. The maximum absolute atomic E-state index is 11.9. The molecular formula is C11H20N2O7. The van der Waals surface area contributed by atoms with Gasteiger partial charge in [-0.05, 0) is 0 Å². The number of hydrogen-bond donors (Lipinski definition) is 3. The molecule has 0 saturated carbocycles. The molecule has 0 rings (SSSR count). The number of amides is 2. The van der Waals surface area contributed by atoms with Crippen molar-refractivity contribution in [1.29, 1.82) is 0 Å². The summed E-state index contributed by atoms with van der Waals surface area (Å²) in [5.41, 5.74) is 0. The van der Waals surface area contributed by atoms with Crippen molar-refractivity contribution >= 4 is 18.0 Å². The molecule has 0 aliphatic heterocycles. The second-order valence-electron chi connectivity index (χ2n) is 3.82. The van der Waals surface area contributed by atoms with E-state index in [-0.39, 0.29) is 26.3 Å². The Labute approximate surface area is 116 Å². The Morgan fingerprint density at radius 1 is 1.25 bits per heavy atom. The average Bonchev–Trinajstić information content (AvgIpc) is 2.42. The quantitative estimate of drug-likeness (QED) is 0.449. The van der Waals surface area contributed by atoms with Gasteiger partial charge in [-0.1, -0.05) is 0 Å². The van der Waals surface area contributed by atoms with Crippen molar-refractivity contribution in [3.05, 3.63) is 0 Å². The molecule has 0 aliphatic carbocycles. The van der Waals surface area contributed by atoms with Crippen LogP contribution < -0.4 is 5.32 Å². The molecule has 0 spiro atoms. The fourth-order valence-electron chi connectivity index (χ4n) is 1.33.